The van der Waals surface area contributed by atoms with E-state index in [1.165, 1.54) is 6.92 Å². The molecule has 0 amide bonds. The van der Waals surface area contributed by atoms with Crippen molar-refractivity contribution >= 4 is 24.0 Å². The average Bonchev–Trinajstić information content (AvgIpc) is 3.30. The van der Waals surface area contributed by atoms with Crippen LogP contribution in [0.2, 0.25) is 0 Å². The molecule has 1 spiro atoms. The lowest BCUT2D eigenvalue weighted by molar-refractivity contribution is -0.170. The molecular weight excluding hydrogens is 388 g/mol. The molecule has 0 bridgehead atoms. The second-order valence-electron chi connectivity index (χ2n) is 10.5. The quantitative estimate of drug-likeness (QED) is 0.553. The molecule has 0 aliphatic heterocycles. The Bertz CT molecular complexity index is 871. The van der Waals surface area contributed by atoms with Gasteiger partial charge in [-0.1, -0.05) is 34.1 Å². The lowest BCUT2D eigenvalue weighted by Gasteiger charge is -2.58. The van der Waals surface area contributed by atoms with Crippen LogP contribution in [0, 0.1) is 28.1 Å². The Balaban J connectivity index is 1.97. The van der Waals surface area contributed by atoms with Crippen LogP contribution in [0.3, 0.4) is 0 Å². The van der Waals surface area contributed by atoms with Crippen LogP contribution in [-0.2, 0) is 28.7 Å². The first-order valence-electron chi connectivity index (χ1n) is 10.7. The average molecular weight is 418 g/mol. The summed E-state index contributed by atoms with van der Waals surface area (Å²) in [4.78, 5) is 50.8. The standard InChI is InChI=1S/C23H30O7/c1-11-9-23(11)19(28)13-14(15(26)20(23)30-12(2)25)22(5)8-6-7-21(3,4)18(22)16(27)17(13)29-10-24/h10-11,16-18,20,27H,6-9H2,1-5H3/t11-,16+,17-,18-,20-,22+,23+/m0/s1. The zero-order valence-electron chi connectivity index (χ0n) is 18.2. The lowest BCUT2D eigenvalue weighted by atomic mass is 9.46. The molecule has 7 nitrogen and oxygen atoms in total. The predicted octanol–water partition coefficient (Wildman–Crippen LogP) is 2.14. The van der Waals surface area contributed by atoms with Gasteiger partial charge in [0.25, 0.3) is 6.47 Å². The molecule has 0 aromatic carbocycles. The summed E-state index contributed by atoms with van der Waals surface area (Å²) in [6.45, 7) is 9.29. The minimum atomic E-state index is -1.19. The molecule has 30 heavy (non-hydrogen) atoms. The monoisotopic (exact) mass is 418 g/mol. The first-order chi connectivity index (χ1) is 13.9. The van der Waals surface area contributed by atoms with E-state index in [1.54, 1.807) is 0 Å². The minimum absolute atomic E-state index is 0.115. The van der Waals surface area contributed by atoms with Crippen molar-refractivity contribution in [1.82, 2.24) is 0 Å². The van der Waals surface area contributed by atoms with E-state index in [0.29, 0.717) is 18.4 Å². The van der Waals surface area contributed by atoms with Gasteiger partial charge in [-0.3, -0.25) is 19.2 Å². The molecule has 4 aliphatic rings. The van der Waals surface area contributed by atoms with Crippen molar-refractivity contribution in [2.24, 2.45) is 28.1 Å². The molecule has 2 saturated carbocycles. The van der Waals surface area contributed by atoms with Crippen LogP contribution >= 0.6 is 0 Å². The molecule has 0 aromatic heterocycles. The Morgan fingerprint density at radius 2 is 1.83 bits per heavy atom. The third-order valence-corrected chi connectivity index (χ3v) is 8.29. The highest BCUT2D eigenvalue weighted by Gasteiger charge is 2.73. The maximum atomic E-state index is 13.9. The first-order valence-corrected chi connectivity index (χ1v) is 10.7. The molecule has 0 saturated heterocycles. The van der Waals surface area contributed by atoms with Crippen molar-refractivity contribution in [3.63, 3.8) is 0 Å². The third-order valence-electron chi connectivity index (χ3n) is 8.29. The summed E-state index contributed by atoms with van der Waals surface area (Å²) in [5.74, 6) is -1.84. The highest BCUT2D eigenvalue weighted by molar-refractivity contribution is 6.20. The van der Waals surface area contributed by atoms with Crippen LogP contribution in [-0.4, -0.2) is 47.4 Å². The van der Waals surface area contributed by atoms with Crippen molar-refractivity contribution in [2.45, 2.75) is 78.6 Å². The van der Waals surface area contributed by atoms with Gasteiger partial charge in [-0.25, -0.2) is 0 Å². The Morgan fingerprint density at radius 1 is 1.20 bits per heavy atom. The summed E-state index contributed by atoms with van der Waals surface area (Å²) < 4.78 is 10.7. The largest absolute Gasteiger partial charge is 0.457 e. The summed E-state index contributed by atoms with van der Waals surface area (Å²) >= 11 is 0. The number of Topliss-reactive ketones (excluding diaryl/α,β-unsaturated/α-hetero) is 2. The van der Waals surface area contributed by atoms with Crippen LogP contribution in [0.4, 0.5) is 0 Å². The summed E-state index contributed by atoms with van der Waals surface area (Å²) in [7, 11) is 0. The summed E-state index contributed by atoms with van der Waals surface area (Å²) in [6.07, 6.45) is -0.719. The van der Waals surface area contributed by atoms with E-state index in [-0.39, 0.29) is 40.9 Å². The number of carbonyl (C=O) groups is 4. The number of hydrogen-bond acceptors (Lipinski definition) is 7. The lowest BCUT2D eigenvalue weighted by Crippen LogP contribution is -2.63. The van der Waals surface area contributed by atoms with Crippen LogP contribution in [0.15, 0.2) is 11.1 Å². The van der Waals surface area contributed by atoms with Crippen molar-refractivity contribution in [3.05, 3.63) is 11.1 Å². The van der Waals surface area contributed by atoms with Crippen LogP contribution in [0.5, 0.6) is 0 Å². The SMILES string of the molecule is CC(=O)O[C@H]1C(=O)C2=C(C(=O)[C@]13C[C@@H]3C)[C@H](OC=O)[C@@H](O)[C@H]1C(C)(C)CCC[C@]21C. The Labute approximate surface area is 176 Å². The van der Waals surface area contributed by atoms with Gasteiger partial charge in [0.05, 0.1) is 11.5 Å². The highest BCUT2D eigenvalue weighted by atomic mass is 16.6. The fourth-order valence-electron chi connectivity index (χ4n) is 7.05. The van der Waals surface area contributed by atoms with Gasteiger partial charge in [0.2, 0.25) is 5.78 Å². The van der Waals surface area contributed by atoms with Crippen molar-refractivity contribution in [1.29, 1.82) is 0 Å². The number of carbonyl (C=O) groups excluding carboxylic acids is 4. The topological polar surface area (TPSA) is 107 Å². The molecule has 0 radical (unpaired) electrons. The van der Waals surface area contributed by atoms with E-state index >= 15 is 0 Å². The molecule has 0 aromatic rings. The molecule has 7 heteroatoms. The Hall–Kier alpha value is -2.02. The predicted molar refractivity (Wildman–Crippen MR) is 105 cm³/mol. The minimum Gasteiger partial charge on any atom is -0.457 e. The van der Waals surface area contributed by atoms with Crippen molar-refractivity contribution in [2.75, 3.05) is 0 Å². The van der Waals surface area contributed by atoms with Crippen molar-refractivity contribution < 1.29 is 33.8 Å². The van der Waals surface area contributed by atoms with Crippen LogP contribution < -0.4 is 0 Å². The van der Waals surface area contributed by atoms with Gasteiger partial charge in [0.15, 0.2) is 18.0 Å². The highest BCUT2D eigenvalue weighted by Crippen LogP contribution is 2.67. The second-order valence-corrected chi connectivity index (χ2v) is 10.5. The second kappa shape index (κ2) is 6.49. The van der Waals surface area contributed by atoms with Gasteiger partial charge in [0.1, 0.15) is 0 Å². The summed E-state index contributed by atoms with van der Waals surface area (Å²) in [5.41, 5.74) is -1.83. The van der Waals surface area contributed by atoms with E-state index in [4.69, 9.17) is 9.47 Å². The number of fused-ring (bicyclic) bond motifs is 2. The van der Waals surface area contributed by atoms with Gasteiger partial charge in [-0.15, -0.1) is 0 Å². The maximum Gasteiger partial charge on any atom is 0.303 e. The Morgan fingerprint density at radius 3 is 2.37 bits per heavy atom. The number of hydrogen-bond donors (Lipinski definition) is 1. The fraction of sp³-hybridized carbons (Fsp3) is 0.739. The molecule has 0 heterocycles. The number of ketones is 2. The van der Waals surface area contributed by atoms with E-state index in [0.717, 1.165) is 12.8 Å². The molecule has 4 rings (SSSR count). The molecule has 164 valence electrons. The zero-order valence-corrected chi connectivity index (χ0v) is 18.2. The van der Waals surface area contributed by atoms with Crippen LogP contribution in [0.25, 0.3) is 0 Å². The molecule has 0 unspecified atom stereocenters. The normalized spacial score (nSPS) is 44.3. The Kier molecular flexibility index (Phi) is 4.59. The fourth-order valence-corrected chi connectivity index (χ4v) is 7.05. The number of aliphatic hydroxyl groups is 1. The van der Waals surface area contributed by atoms with Gasteiger partial charge in [-0.2, -0.15) is 0 Å². The first kappa shape index (κ1) is 21.2. The number of aliphatic hydroxyl groups excluding tert-OH is 1. The van der Waals surface area contributed by atoms with Gasteiger partial charge in [0, 0.05) is 29.4 Å². The van der Waals surface area contributed by atoms with E-state index in [2.05, 4.69) is 0 Å². The molecular formula is C23H30O7. The summed E-state index contributed by atoms with van der Waals surface area (Å²) in [6, 6.07) is 0. The van der Waals surface area contributed by atoms with Gasteiger partial charge in [-0.05, 0) is 30.6 Å². The van der Waals surface area contributed by atoms with Gasteiger partial charge < -0.3 is 14.6 Å². The molecule has 1 N–H and O–H groups in total. The molecule has 2 fully saturated rings. The third kappa shape index (κ3) is 2.53. The zero-order chi connectivity index (χ0) is 22.2. The van der Waals surface area contributed by atoms with E-state index in [9.17, 15) is 24.3 Å². The van der Waals surface area contributed by atoms with E-state index in [1.807, 2.05) is 27.7 Å². The number of ether oxygens (including phenoxy) is 2. The molecule has 7 atom stereocenters. The maximum absolute atomic E-state index is 13.9. The van der Waals surface area contributed by atoms with Gasteiger partial charge >= 0.3 is 5.97 Å². The molecule has 4 aliphatic carbocycles. The number of rotatable bonds is 3. The number of esters is 1. The van der Waals surface area contributed by atoms with Crippen LogP contribution in [0.1, 0.15) is 60.3 Å². The van der Waals surface area contributed by atoms with Crippen molar-refractivity contribution in [3.8, 4) is 0 Å². The smallest absolute Gasteiger partial charge is 0.303 e. The van der Waals surface area contributed by atoms with E-state index < -0.39 is 35.1 Å². The summed E-state index contributed by atoms with van der Waals surface area (Å²) in [5, 5.41) is 11.3.